The van der Waals surface area contributed by atoms with Gasteiger partial charge in [-0.3, -0.25) is 0 Å². The molecule has 274 valence electrons. The van der Waals surface area contributed by atoms with Gasteiger partial charge in [0.15, 0.2) is 5.82 Å². The van der Waals surface area contributed by atoms with Crippen LogP contribution in [0.1, 0.15) is 25.0 Å². The van der Waals surface area contributed by atoms with E-state index in [-0.39, 0.29) is 5.41 Å². The highest BCUT2D eigenvalue weighted by molar-refractivity contribution is 6.11. The summed E-state index contributed by atoms with van der Waals surface area (Å²) in [7, 11) is 0. The van der Waals surface area contributed by atoms with E-state index in [4.69, 9.17) is 9.97 Å². The van der Waals surface area contributed by atoms with Crippen molar-refractivity contribution in [1.29, 1.82) is 0 Å². The van der Waals surface area contributed by atoms with E-state index in [2.05, 4.69) is 194 Å². The van der Waals surface area contributed by atoms with E-state index >= 15 is 0 Å². The predicted molar refractivity (Wildman–Crippen MR) is 241 cm³/mol. The van der Waals surface area contributed by atoms with Gasteiger partial charge in [-0.1, -0.05) is 166 Å². The molecule has 0 fully saturated rings. The highest BCUT2D eigenvalue weighted by Crippen LogP contribution is 2.49. The predicted octanol–water partition coefficient (Wildman–Crippen LogP) is 14.2. The maximum atomic E-state index is 5.17. The monoisotopic (exact) mass is 741 g/mol. The van der Waals surface area contributed by atoms with Crippen molar-refractivity contribution in [3.05, 3.63) is 211 Å². The number of nitrogens with zero attached hydrogens (tertiary/aromatic N) is 3. The van der Waals surface area contributed by atoms with Gasteiger partial charge >= 0.3 is 0 Å². The molecule has 0 amide bonds. The first-order chi connectivity index (χ1) is 28.5. The second kappa shape index (κ2) is 13.4. The van der Waals surface area contributed by atoms with Crippen molar-refractivity contribution >= 4 is 21.8 Å². The van der Waals surface area contributed by atoms with Gasteiger partial charge in [0.25, 0.3) is 0 Å². The molecule has 1 aliphatic carbocycles. The first kappa shape index (κ1) is 33.9. The zero-order chi connectivity index (χ0) is 38.8. The Balaban J connectivity index is 1.03. The van der Waals surface area contributed by atoms with Gasteiger partial charge in [0, 0.05) is 38.6 Å². The van der Waals surface area contributed by atoms with Crippen molar-refractivity contribution < 1.29 is 0 Å². The summed E-state index contributed by atoms with van der Waals surface area (Å²) in [6.07, 6.45) is 0. The highest BCUT2D eigenvalue weighted by atomic mass is 15.0. The van der Waals surface area contributed by atoms with Crippen molar-refractivity contribution in [2.24, 2.45) is 0 Å². The topological polar surface area (TPSA) is 30.7 Å². The molecule has 0 aliphatic heterocycles. The summed E-state index contributed by atoms with van der Waals surface area (Å²) < 4.78 is 2.37. The molecule has 0 atom stereocenters. The molecule has 0 bridgehead atoms. The van der Waals surface area contributed by atoms with Crippen molar-refractivity contribution in [3.63, 3.8) is 0 Å². The van der Waals surface area contributed by atoms with Gasteiger partial charge in [0.1, 0.15) is 0 Å². The Bertz CT molecular complexity index is 3100. The van der Waals surface area contributed by atoms with E-state index in [1.165, 1.54) is 55.3 Å². The number of para-hydroxylation sites is 1. The van der Waals surface area contributed by atoms with Gasteiger partial charge in [-0.15, -0.1) is 0 Å². The fourth-order valence-electron chi connectivity index (χ4n) is 9.04. The third kappa shape index (κ3) is 5.58. The first-order valence-corrected chi connectivity index (χ1v) is 20.0. The van der Waals surface area contributed by atoms with Gasteiger partial charge in [0.05, 0.1) is 22.4 Å². The van der Waals surface area contributed by atoms with E-state index in [9.17, 15) is 0 Å². The molecule has 0 saturated carbocycles. The smallest absolute Gasteiger partial charge is 0.160 e. The number of aromatic nitrogens is 3. The molecular formula is C55H39N3. The SMILES string of the molecule is CC1(C)c2ccccc2-c2cc(-c3ccc(-c4ccc5c(c4)c4cc(-c6cc(-c7ccccc7)nc(-c7ccccc7)n6)ccc4n5-c4ccccc4)cc3)ccc21. The van der Waals surface area contributed by atoms with E-state index in [1.54, 1.807) is 0 Å². The van der Waals surface area contributed by atoms with Crippen molar-refractivity contribution in [1.82, 2.24) is 14.5 Å². The van der Waals surface area contributed by atoms with Crippen LogP contribution in [0.5, 0.6) is 0 Å². The minimum Gasteiger partial charge on any atom is -0.309 e. The Morgan fingerprint density at radius 3 is 1.52 bits per heavy atom. The second-order valence-electron chi connectivity index (χ2n) is 15.8. The van der Waals surface area contributed by atoms with Crippen LogP contribution in [0.4, 0.5) is 0 Å². The van der Waals surface area contributed by atoms with Crippen molar-refractivity contribution in [2.45, 2.75) is 19.3 Å². The number of fused-ring (bicyclic) bond motifs is 6. The lowest BCUT2D eigenvalue weighted by atomic mass is 9.82. The molecule has 8 aromatic carbocycles. The second-order valence-corrected chi connectivity index (χ2v) is 15.8. The first-order valence-electron chi connectivity index (χ1n) is 20.0. The molecule has 2 aromatic heterocycles. The molecule has 58 heavy (non-hydrogen) atoms. The fourth-order valence-corrected chi connectivity index (χ4v) is 9.04. The molecule has 0 N–H and O–H groups in total. The summed E-state index contributed by atoms with van der Waals surface area (Å²) in [6, 6.07) is 71.9. The van der Waals surface area contributed by atoms with E-state index in [1.807, 2.05) is 24.3 Å². The largest absolute Gasteiger partial charge is 0.309 e. The van der Waals surface area contributed by atoms with Crippen LogP contribution in [0.3, 0.4) is 0 Å². The molecule has 11 rings (SSSR count). The molecule has 0 spiro atoms. The molecule has 2 heterocycles. The average Bonchev–Trinajstić information content (AvgIpc) is 3.74. The Kier molecular flexibility index (Phi) is 7.84. The molecule has 0 unspecified atom stereocenters. The number of benzene rings is 8. The zero-order valence-electron chi connectivity index (χ0n) is 32.4. The lowest BCUT2D eigenvalue weighted by molar-refractivity contribution is 0.660. The van der Waals surface area contributed by atoms with Gasteiger partial charge < -0.3 is 4.57 Å². The Labute approximate surface area is 338 Å². The number of rotatable bonds is 6. The summed E-state index contributed by atoms with van der Waals surface area (Å²) in [6.45, 7) is 4.67. The van der Waals surface area contributed by atoms with Gasteiger partial charge in [0.2, 0.25) is 0 Å². The molecular weight excluding hydrogens is 703 g/mol. The molecule has 10 aromatic rings. The van der Waals surface area contributed by atoms with E-state index in [0.29, 0.717) is 5.82 Å². The molecule has 0 saturated heterocycles. The maximum absolute atomic E-state index is 5.17. The van der Waals surface area contributed by atoms with Crippen LogP contribution in [0.2, 0.25) is 0 Å². The summed E-state index contributed by atoms with van der Waals surface area (Å²) in [5, 5.41) is 2.38. The maximum Gasteiger partial charge on any atom is 0.160 e. The van der Waals surface area contributed by atoms with Crippen LogP contribution in [0.15, 0.2) is 200 Å². The van der Waals surface area contributed by atoms with Crippen molar-refractivity contribution in [2.75, 3.05) is 0 Å². The molecule has 1 aliphatic rings. The van der Waals surface area contributed by atoms with Crippen LogP contribution in [0.25, 0.3) is 94.8 Å². The van der Waals surface area contributed by atoms with E-state index in [0.717, 1.165) is 44.8 Å². The minimum absolute atomic E-state index is 0.00236. The van der Waals surface area contributed by atoms with Gasteiger partial charge in [-0.2, -0.15) is 0 Å². The fraction of sp³-hybridized carbons (Fsp3) is 0.0545. The molecule has 0 radical (unpaired) electrons. The summed E-state index contributed by atoms with van der Waals surface area (Å²) in [5.41, 5.74) is 18.7. The number of hydrogen-bond acceptors (Lipinski definition) is 2. The lowest BCUT2D eigenvalue weighted by Crippen LogP contribution is -2.14. The summed E-state index contributed by atoms with van der Waals surface area (Å²) in [5.74, 6) is 0.711. The highest BCUT2D eigenvalue weighted by Gasteiger charge is 2.35. The van der Waals surface area contributed by atoms with Crippen LogP contribution in [0, 0.1) is 0 Å². The summed E-state index contributed by atoms with van der Waals surface area (Å²) >= 11 is 0. The average molecular weight is 742 g/mol. The minimum atomic E-state index is 0.00236. The Hall–Kier alpha value is -7.36. The summed E-state index contributed by atoms with van der Waals surface area (Å²) in [4.78, 5) is 10.2. The van der Waals surface area contributed by atoms with Crippen molar-refractivity contribution in [3.8, 4) is 73.0 Å². The zero-order valence-corrected chi connectivity index (χ0v) is 32.4. The third-order valence-corrected chi connectivity index (χ3v) is 12.0. The van der Waals surface area contributed by atoms with Gasteiger partial charge in [-0.05, 0) is 93.0 Å². The number of hydrogen-bond donors (Lipinski definition) is 0. The third-order valence-electron chi connectivity index (χ3n) is 12.0. The van der Waals surface area contributed by atoms with Gasteiger partial charge in [-0.25, -0.2) is 9.97 Å². The van der Waals surface area contributed by atoms with Crippen LogP contribution < -0.4 is 0 Å². The molecule has 3 nitrogen and oxygen atoms in total. The lowest BCUT2D eigenvalue weighted by Gasteiger charge is -2.21. The van der Waals surface area contributed by atoms with Crippen LogP contribution in [-0.4, -0.2) is 14.5 Å². The normalized spacial score (nSPS) is 12.8. The van der Waals surface area contributed by atoms with Crippen LogP contribution in [-0.2, 0) is 5.41 Å². The quantitative estimate of drug-likeness (QED) is 0.170. The Morgan fingerprint density at radius 1 is 0.362 bits per heavy atom. The Morgan fingerprint density at radius 2 is 0.845 bits per heavy atom. The van der Waals surface area contributed by atoms with Crippen LogP contribution >= 0.6 is 0 Å². The van der Waals surface area contributed by atoms with E-state index < -0.39 is 0 Å². The standard InChI is InChI=1S/C55H39N3/c1-55(2)48-21-13-12-20-44(48)45-32-40(26-29-49(45)55)36-22-24-37(25-23-36)41-27-30-52-46(33-41)47-34-42(28-31-53(47)58(52)43-18-10-5-11-19-43)51-35-50(38-14-6-3-7-15-38)56-54(57-51)39-16-8-4-9-17-39/h3-35H,1-2H3. The molecule has 3 heteroatoms.